The molecule has 1 aliphatic carbocycles. The molecule has 3 aromatic rings. The SMILES string of the molecule is COCOc1c(C(=C(C)C)C2=C(c3ccccc3)Cc3ccccc32)cc(C(C)(C)C)cc1C(C)(C)C. The number of hydrogen-bond acceptors (Lipinski definition) is 2. The van der Waals surface area contributed by atoms with Crippen molar-refractivity contribution >= 4 is 16.7 Å². The van der Waals surface area contributed by atoms with E-state index in [1.54, 1.807) is 7.11 Å². The minimum absolute atomic E-state index is 0.00842. The summed E-state index contributed by atoms with van der Waals surface area (Å²) in [4.78, 5) is 0. The van der Waals surface area contributed by atoms with Crippen LogP contribution in [0, 0.1) is 0 Å². The molecule has 2 nitrogen and oxygen atoms in total. The van der Waals surface area contributed by atoms with Crippen LogP contribution in [0.3, 0.4) is 0 Å². The van der Waals surface area contributed by atoms with E-state index < -0.39 is 0 Å². The van der Waals surface area contributed by atoms with Crippen molar-refractivity contribution in [1.82, 2.24) is 0 Å². The lowest BCUT2D eigenvalue weighted by Gasteiger charge is -2.31. The van der Waals surface area contributed by atoms with E-state index in [2.05, 4.69) is 122 Å². The lowest BCUT2D eigenvalue weighted by atomic mass is 9.76. The van der Waals surface area contributed by atoms with E-state index in [0.717, 1.165) is 17.7 Å². The van der Waals surface area contributed by atoms with E-state index in [1.807, 2.05) is 0 Å². The molecule has 37 heavy (non-hydrogen) atoms. The molecule has 0 atom stereocenters. The molecular weight excluding hydrogens is 452 g/mol. The van der Waals surface area contributed by atoms with Gasteiger partial charge in [0.1, 0.15) is 5.75 Å². The third-order valence-corrected chi connectivity index (χ3v) is 7.18. The van der Waals surface area contributed by atoms with Gasteiger partial charge < -0.3 is 9.47 Å². The predicted molar refractivity (Wildman–Crippen MR) is 158 cm³/mol. The summed E-state index contributed by atoms with van der Waals surface area (Å²) in [5, 5.41) is 0. The van der Waals surface area contributed by atoms with Gasteiger partial charge in [0, 0.05) is 18.2 Å². The normalized spacial score (nSPS) is 13.5. The van der Waals surface area contributed by atoms with Crippen molar-refractivity contribution in [3.63, 3.8) is 0 Å². The maximum absolute atomic E-state index is 6.45. The summed E-state index contributed by atoms with van der Waals surface area (Å²) in [6, 6.07) is 24.4. The Labute approximate surface area is 224 Å². The van der Waals surface area contributed by atoms with Crippen LogP contribution in [-0.4, -0.2) is 13.9 Å². The highest BCUT2D eigenvalue weighted by Crippen LogP contribution is 2.50. The van der Waals surface area contributed by atoms with Crippen molar-refractivity contribution in [2.24, 2.45) is 0 Å². The number of rotatable bonds is 6. The van der Waals surface area contributed by atoms with Crippen molar-refractivity contribution < 1.29 is 9.47 Å². The summed E-state index contributed by atoms with van der Waals surface area (Å²) in [6.45, 7) is 18.3. The zero-order valence-corrected chi connectivity index (χ0v) is 24.1. The van der Waals surface area contributed by atoms with Gasteiger partial charge in [0.15, 0.2) is 6.79 Å². The van der Waals surface area contributed by atoms with Crippen molar-refractivity contribution in [3.8, 4) is 5.75 Å². The van der Waals surface area contributed by atoms with E-state index in [0.29, 0.717) is 0 Å². The Hall–Kier alpha value is -3.10. The Balaban J connectivity index is 2.12. The van der Waals surface area contributed by atoms with Crippen LogP contribution in [-0.2, 0) is 22.0 Å². The quantitative estimate of drug-likeness (QED) is 0.318. The molecule has 0 saturated heterocycles. The van der Waals surface area contributed by atoms with Gasteiger partial charge >= 0.3 is 0 Å². The molecule has 0 unspecified atom stereocenters. The maximum Gasteiger partial charge on any atom is 0.188 e. The summed E-state index contributed by atoms with van der Waals surface area (Å²) < 4.78 is 11.9. The largest absolute Gasteiger partial charge is 0.467 e. The highest BCUT2D eigenvalue weighted by atomic mass is 16.7. The number of methoxy groups -OCH3 is 1. The summed E-state index contributed by atoms with van der Waals surface area (Å²) in [5.41, 5.74) is 12.7. The average molecular weight is 495 g/mol. The van der Waals surface area contributed by atoms with Gasteiger partial charge in [0.05, 0.1) is 0 Å². The van der Waals surface area contributed by atoms with Crippen molar-refractivity contribution in [1.29, 1.82) is 0 Å². The number of fused-ring (bicyclic) bond motifs is 1. The molecule has 0 aromatic heterocycles. The molecule has 1 aliphatic rings. The minimum atomic E-state index is -0.101. The molecule has 0 spiro atoms. The summed E-state index contributed by atoms with van der Waals surface area (Å²) in [5.74, 6) is 0.919. The van der Waals surface area contributed by atoms with E-state index >= 15 is 0 Å². The first-order chi connectivity index (χ1) is 17.4. The molecule has 4 rings (SSSR count). The topological polar surface area (TPSA) is 18.5 Å². The van der Waals surface area contributed by atoms with Crippen LogP contribution in [0.15, 0.2) is 72.3 Å². The zero-order chi connectivity index (χ0) is 27.0. The summed E-state index contributed by atoms with van der Waals surface area (Å²) in [6.07, 6.45) is 0.922. The number of ether oxygens (including phenoxy) is 2. The number of allylic oxidation sites excluding steroid dienone is 4. The van der Waals surface area contributed by atoms with Gasteiger partial charge in [-0.15, -0.1) is 0 Å². The molecular formula is C35H42O2. The molecule has 0 radical (unpaired) electrons. The average Bonchev–Trinajstić information content (AvgIpc) is 3.21. The first-order valence-electron chi connectivity index (χ1n) is 13.3. The smallest absolute Gasteiger partial charge is 0.188 e. The third kappa shape index (κ3) is 5.45. The van der Waals surface area contributed by atoms with E-state index in [4.69, 9.17) is 9.47 Å². The van der Waals surface area contributed by atoms with Crippen LogP contribution >= 0.6 is 0 Å². The lowest BCUT2D eigenvalue weighted by Crippen LogP contribution is -2.20. The first-order valence-corrected chi connectivity index (χ1v) is 13.3. The maximum atomic E-state index is 6.45. The molecule has 0 heterocycles. The zero-order valence-electron chi connectivity index (χ0n) is 24.1. The van der Waals surface area contributed by atoms with Gasteiger partial charge in [0.25, 0.3) is 0 Å². The first kappa shape index (κ1) is 26.9. The van der Waals surface area contributed by atoms with Gasteiger partial charge in [-0.2, -0.15) is 0 Å². The second-order valence-electron chi connectivity index (χ2n) is 12.4. The molecule has 0 aliphatic heterocycles. The van der Waals surface area contributed by atoms with E-state index in [1.165, 1.54) is 50.1 Å². The fourth-order valence-electron chi connectivity index (χ4n) is 5.26. The van der Waals surface area contributed by atoms with Crippen LogP contribution in [0.4, 0.5) is 0 Å². The Morgan fingerprint density at radius 1 is 0.811 bits per heavy atom. The second-order valence-corrected chi connectivity index (χ2v) is 12.4. The Morgan fingerprint density at radius 3 is 2.05 bits per heavy atom. The van der Waals surface area contributed by atoms with Gasteiger partial charge in [0.2, 0.25) is 0 Å². The van der Waals surface area contributed by atoms with Gasteiger partial charge in [-0.05, 0) is 76.1 Å². The van der Waals surface area contributed by atoms with Crippen molar-refractivity contribution in [3.05, 3.63) is 106 Å². The number of benzene rings is 3. The summed E-state index contributed by atoms with van der Waals surface area (Å²) >= 11 is 0. The fourth-order valence-corrected chi connectivity index (χ4v) is 5.26. The highest BCUT2D eigenvalue weighted by Gasteiger charge is 2.32. The van der Waals surface area contributed by atoms with Crippen molar-refractivity contribution in [2.75, 3.05) is 13.9 Å². The molecule has 0 bridgehead atoms. The predicted octanol–water partition coefficient (Wildman–Crippen LogP) is 9.22. The molecule has 0 saturated carbocycles. The van der Waals surface area contributed by atoms with Crippen molar-refractivity contribution in [2.45, 2.75) is 72.6 Å². The number of hydrogen-bond donors (Lipinski definition) is 0. The monoisotopic (exact) mass is 494 g/mol. The van der Waals surface area contributed by atoms with Crippen LogP contribution in [0.25, 0.3) is 16.7 Å². The fraction of sp³-hybridized carbons (Fsp3) is 0.371. The molecule has 0 fully saturated rings. The third-order valence-electron chi connectivity index (χ3n) is 7.18. The highest BCUT2D eigenvalue weighted by molar-refractivity contribution is 6.19. The molecule has 0 amide bonds. The summed E-state index contributed by atoms with van der Waals surface area (Å²) in [7, 11) is 1.69. The second kappa shape index (κ2) is 10.3. The standard InChI is InChI=1S/C35H42O2/c1-23(2)31(32-27-18-14-13-17-25(27)19-28(32)24-15-11-10-12-16-24)29-20-26(34(3,4)5)21-30(35(6,7)8)33(29)37-22-36-9/h10-18,20-21H,19,22H2,1-9H3. The van der Waals surface area contributed by atoms with Crippen LogP contribution in [0.2, 0.25) is 0 Å². The Kier molecular flexibility index (Phi) is 7.53. The lowest BCUT2D eigenvalue weighted by molar-refractivity contribution is 0.0496. The van der Waals surface area contributed by atoms with E-state index in [-0.39, 0.29) is 17.6 Å². The molecule has 0 N–H and O–H groups in total. The van der Waals surface area contributed by atoms with Gasteiger partial charge in [-0.1, -0.05) is 108 Å². The molecule has 194 valence electrons. The van der Waals surface area contributed by atoms with Gasteiger partial charge in [-0.25, -0.2) is 0 Å². The Morgan fingerprint density at radius 2 is 1.46 bits per heavy atom. The van der Waals surface area contributed by atoms with Crippen LogP contribution in [0.5, 0.6) is 5.75 Å². The molecule has 3 aromatic carbocycles. The Bertz CT molecular complexity index is 1340. The minimum Gasteiger partial charge on any atom is -0.467 e. The molecule has 2 heteroatoms. The van der Waals surface area contributed by atoms with Crippen LogP contribution in [0.1, 0.15) is 88.8 Å². The van der Waals surface area contributed by atoms with E-state index in [9.17, 15) is 0 Å². The van der Waals surface area contributed by atoms with Crippen LogP contribution < -0.4 is 4.74 Å². The van der Waals surface area contributed by atoms with Gasteiger partial charge in [-0.3, -0.25) is 0 Å².